The number of hydrogen-bond acceptors (Lipinski definition) is 2. The summed E-state index contributed by atoms with van der Waals surface area (Å²) in [6.07, 6.45) is 14.6. The van der Waals surface area contributed by atoms with Crippen molar-refractivity contribution in [2.45, 2.75) is 108 Å². The molecule has 0 heterocycles. The Morgan fingerprint density at radius 2 is 1.35 bits per heavy atom. The fourth-order valence-corrected chi connectivity index (χ4v) is 4.99. The van der Waals surface area contributed by atoms with Gasteiger partial charge in [0.15, 0.2) is 0 Å². The van der Waals surface area contributed by atoms with E-state index in [-0.39, 0.29) is 5.31 Å². The summed E-state index contributed by atoms with van der Waals surface area (Å²) in [5, 5.41) is 20.8. The summed E-state index contributed by atoms with van der Waals surface area (Å²) in [5.74, 6) is -0.639. The van der Waals surface area contributed by atoms with Crippen LogP contribution in [0, 0.1) is 5.41 Å². The third-order valence-electron chi connectivity index (χ3n) is 6.57. The maximum Gasteiger partial charge on any atom is 0.309 e. The number of carbonyl (C=O) groups is 1. The molecule has 0 unspecified atom stereocenters. The average molecular weight is 322 g/mol. The molecule has 3 nitrogen and oxygen atoms in total. The van der Waals surface area contributed by atoms with Crippen molar-refractivity contribution in [2.24, 2.45) is 5.41 Å². The van der Waals surface area contributed by atoms with Crippen LogP contribution >= 0.6 is 0 Å². The van der Waals surface area contributed by atoms with Gasteiger partial charge in [0.1, 0.15) is 7.85 Å². The van der Waals surface area contributed by atoms with E-state index in [2.05, 4.69) is 7.85 Å². The summed E-state index contributed by atoms with van der Waals surface area (Å²) in [4.78, 5) is 11.5. The Bertz CT molecular complexity index is 389. The molecule has 0 aromatic carbocycles. The summed E-state index contributed by atoms with van der Waals surface area (Å²) in [5.41, 5.74) is -1.02. The highest BCUT2D eigenvalue weighted by Gasteiger charge is 2.40. The minimum Gasteiger partial charge on any atom is -0.481 e. The summed E-state index contributed by atoms with van der Waals surface area (Å²) in [6.45, 7) is 1.90. The number of carboxylic acid groups (broad SMARTS) is 1. The van der Waals surface area contributed by atoms with E-state index in [0.29, 0.717) is 0 Å². The standard InChI is InChI=1S/C19H35BO3/c1-17(16(21)22)9-7-11-18(20,12-8-10-17)15-19(23)13-5-3-2-4-6-14-19/h23H,2-15,20H2,1H3,(H,21,22). The Balaban J connectivity index is 1.97. The van der Waals surface area contributed by atoms with Crippen LogP contribution in [0.3, 0.4) is 0 Å². The second-order valence-corrected chi connectivity index (χ2v) is 9.05. The fourth-order valence-electron chi connectivity index (χ4n) is 4.99. The lowest BCUT2D eigenvalue weighted by atomic mass is 9.55. The number of aliphatic hydroxyl groups is 1. The molecule has 0 radical (unpaired) electrons. The molecule has 0 saturated heterocycles. The van der Waals surface area contributed by atoms with Crippen molar-refractivity contribution in [3.8, 4) is 0 Å². The second-order valence-electron chi connectivity index (χ2n) is 9.05. The van der Waals surface area contributed by atoms with Crippen LogP contribution in [0.25, 0.3) is 0 Å². The quantitative estimate of drug-likeness (QED) is 0.770. The summed E-state index contributed by atoms with van der Waals surface area (Å²) in [7, 11) is 2.33. The van der Waals surface area contributed by atoms with E-state index in [1.807, 2.05) is 6.92 Å². The predicted octanol–water partition coefficient (Wildman–Crippen LogP) is 4.09. The smallest absolute Gasteiger partial charge is 0.309 e. The minimum absolute atomic E-state index is 0.174. The van der Waals surface area contributed by atoms with Crippen molar-refractivity contribution in [3.63, 3.8) is 0 Å². The van der Waals surface area contributed by atoms with Crippen LogP contribution in [0.1, 0.15) is 96.8 Å². The topological polar surface area (TPSA) is 57.5 Å². The van der Waals surface area contributed by atoms with Gasteiger partial charge < -0.3 is 10.2 Å². The molecule has 0 bridgehead atoms. The van der Waals surface area contributed by atoms with E-state index in [4.69, 9.17) is 0 Å². The van der Waals surface area contributed by atoms with Crippen molar-refractivity contribution >= 4 is 13.8 Å². The van der Waals surface area contributed by atoms with Gasteiger partial charge in [-0.3, -0.25) is 4.79 Å². The lowest BCUT2D eigenvalue weighted by Gasteiger charge is -2.42. The first-order valence-electron chi connectivity index (χ1n) is 9.73. The molecule has 0 spiro atoms. The van der Waals surface area contributed by atoms with E-state index in [0.717, 1.165) is 70.6 Å². The van der Waals surface area contributed by atoms with Crippen LogP contribution in [0.4, 0.5) is 0 Å². The van der Waals surface area contributed by atoms with Crippen molar-refractivity contribution in [1.82, 2.24) is 0 Å². The van der Waals surface area contributed by atoms with Crippen LogP contribution in [0.5, 0.6) is 0 Å². The van der Waals surface area contributed by atoms with Crippen LogP contribution in [0.2, 0.25) is 5.31 Å². The van der Waals surface area contributed by atoms with Crippen LogP contribution in [-0.4, -0.2) is 29.6 Å². The van der Waals surface area contributed by atoms with Gasteiger partial charge >= 0.3 is 5.97 Å². The Labute approximate surface area is 142 Å². The largest absolute Gasteiger partial charge is 0.481 e. The molecule has 2 N–H and O–H groups in total. The summed E-state index contributed by atoms with van der Waals surface area (Å²) >= 11 is 0. The molecular weight excluding hydrogens is 287 g/mol. The van der Waals surface area contributed by atoms with Crippen LogP contribution in [-0.2, 0) is 4.79 Å². The SMILES string of the molecule is BC1(CC2(O)CCCCCCC2)CCCC(C)(C(=O)O)CCC1. The molecule has 0 amide bonds. The predicted molar refractivity (Wildman–Crippen MR) is 96.6 cm³/mol. The highest BCUT2D eigenvalue weighted by atomic mass is 16.4. The molecule has 0 aromatic rings. The van der Waals surface area contributed by atoms with Crippen LogP contribution < -0.4 is 0 Å². The molecule has 4 heteroatoms. The number of hydrogen-bond donors (Lipinski definition) is 2. The van der Waals surface area contributed by atoms with Gasteiger partial charge in [-0.15, -0.1) is 0 Å². The molecule has 0 atom stereocenters. The first-order chi connectivity index (χ1) is 10.8. The first kappa shape index (κ1) is 18.8. The Morgan fingerprint density at radius 1 is 0.870 bits per heavy atom. The maximum atomic E-state index is 11.5. The zero-order valence-corrected chi connectivity index (χ0v) is 15.2. The van der Waals surface area contributed by atoms with Crippen molar-refractivity contribution < 1.29 is 15.0 Å². The lowest BCUT2D eigenvalue weighted by Crippen LogP contribution is -2.37. The zero-order valence-electron chi connectivity index (χ0n) is 15.2. The van der Waals surface area contributed by atoms with Gasteiger partial charge in [-0.05, 0) is 39.0 Å². The first-order valence-corrected chi connectivity index (χ1v) is 9.73. The second kappa shape index (κ2) is 7.59. The monoisotopic (exact) mass is 322 g/mol. The van der Waals surface area contributed by atoms with E-state index in [1.165, 1.54) is 19.3 Å². The third kappa shape index (κ3) is 5.24. The van der Waals surface area contributed by atoms with Gasteiger partial charge in [0, 0.05) is 0 Å². The van der Waals surface area contributed by atoms with Gasteiger partial charge in [0.2, 0.25) is 0 Å². The zero-order chi connectivity index (χ0) is 17.0. The Kier molecular flexibility index (Phi) is 6.21. The van der Waals surface area contributed by atoms with Gasteiger partial charge in [0.25, 0.3) is 0 Å². The average Bonchev–Trinajstić information content (AvgIpc) is 2.41. The molecule has 2 aliphatic rings. The van der Waals surface area contributed by atoms with Crippen molar-refractivity contribution in [2.75, 3.05) is 0 Å². The van der Waals surface area contributed by atoms with E-state index < -0.39 is 17.0 Å². The Morgan fingerprint density at radius 3 is 1.83 bits per heavy atom. The maximum absolute atomic E-state index is 11.5. The summed E-state index contributed by atoms with van der Waals surface area (Å²) < 4.78 is 0. The van der Waals surface area contributed by atoms with Crippen LogP contribution in [0.15, 0.2) is 0 Å². The number of aliphatic carboxylic acids is 1. The molecule has 0 aliphatic heterocycles. The molecule has 2 fully saturated rings. The minimum atomic E-state index is -0.639. The van der Waals surface area contributed by atoms with Crippen molar-refractivity contribution in [1.29, 1.82) is 0 Å². The molecular formula is C19H35BO3. The third-order valence-corrected chi connectivity index (χ3v) is 6.57. The highest BCUT2D eigenvalue weighted by molar-refractivity contribution is 6.15. The fraction of sp³-hybridized carbons (Fsp3) is 0.947. The van der Waals surface area contributed by atoms with Gasteiger partial charge in [-0.1, -0.05) is 63.1 Å². The molecule has 2 aliphatic carbocycles. The van der Waals surface area contributed by atoms with Gasteiger partial charge in [0.05, 0.1) is 11.0 Å². The van der Waals surface area contributed by atoms with E-state index >= 15 is 0 Å². The molecule has 0 aromatic heterocycles. The summed E-state index contributed by atoms with van der Waals surface area (Å²) in [6, 6.07) is 0. The van der Waals surface area contributed by atoms with E-state index in [1.54, 1.807) is 0 Å². The number of rotatable bonds is 3. The molecule has 2 rings (SSSR count). The molecule has 132 valence electrons. The highest BCUT2D eigenvalue weighted by Crippen LogP contribution is 2.49. The van der Waals surface area contributed by atoms with E-state index in [9.17, 15) is 15.0 Å². The van der Waals surface area contributed by atoms with Gasteiger partial charge in [-0.25, -0.2) is 0 Å². The lowest BCUT2D eigenvalue weighted by molar-refractivity contribution is -0.149. The normalized spacial score (nSPS) is 36.3. The Hall–Kier alpha value is -0.505. The van der Waals surface area contributed by atoms with Crippen molar-refractivity contribution in [3.05, 3.63) is 0 Å². The molecule has 23 heavy (non-hydrogen) atoms. The number of carboxylic acids is 1. The van der Waals surface area contributed by atoms with Gasteiger partial charge in [-0.2, -0.15) is 0 Å². The molecule has 2 saturated carbocycles.